The monoisotopic (exact) mass is 564 g/mol. The third-order valence-corrected chi connectivity index (χ3v) is 9.91. The summed E-state index contributed by atoms with van der Waals surface area (Å²) in [4.78, 5) is 19.1. The number of thiophene rings is 1. The average molecular weight is 565 g/mol. The highest BCUT2D eigenvalue weighted by molar-refractivity contribution is 7.17. The van der Waals surface area contributed by atoms with Gasteiger partial charge >= 0.3 is 0 Å². The molecule has 4 aromatic rings. The molecule has 1 saturated heterocycles. The van der Waals surface area contributed by atoms with Crippen LogP contribution in [0.4, 0.5) is 0 Å². The van der Waals surface area contributed by atoms with E-state index in [1.165, 1.54) is 26.8 Å². The largest absolute Gasteiger partial charge is 0.496 e. The predicted molar refractivity (Wildman–Crippen MR) is 171 cm³/mol. The molecule has 1 unspecified atom stereocenters. The topological polar surface area (TPSA) is 32.8 Å². The van der Waals surface area contributed by atoms with E-state index in [2.05, 4.69) is 81.9 Å². The van der Waals surface area contributed by atoms with Crippen molar-refractivity contribution in [3.05, 3.63) is 107 Å². The fourth-order valence-electron chi connectivity index (χ4n) is 6.62. The van der Waals surface area contributed by atoms with Gasteiger partial charge in [0, 0.05) is 41.7 Å². The summed E-state index contributed by atoms with van der Waals surface area (Å²) in [7, 11) is 1.72. The van der Waals surface area contributed by atoms with E-state index in [9.17, 15) is 4.79 Å². The molecule has 2 aliphatic rings. The Balaban J connectivity index is 1.12. The number of piperidine rings is 1. The molecule has 4 nitrogen and oxygen atoms in total. The number of para-hydroxylation sites is 1. The van der Waals surface area contributed by atoms with Crippen LogP contribution in [0.3, 0.4) is 0 Å². The Morgan fingerprint density at radius 2 is 1.73 bits per heavy atom. The zero-order valence-corrected chi connectivity index (χ0v) is 24.8. The number of methoxy groups -OCH3 is 1. The van der Waals surface area contributed by atoms with Gasteiger partial charge in [0.05, 0.1) is 7.11 Å². The van der Waals surface area contributed by atoms with Gasteiger partial charge in [0.1, 0.15) is 11.5 Å². The maximum atomic E-state index is 14.1. The van der Waals surface area contributed by atoms with Crippen LogP contribution in [0, 0.1) is 5.92 Å². The molecule has 2 aliphatic heterocycles. The number of carbonyl (C=O) groups is 1. The normalized spacial score (nSPS) is 17.8. The van der Waals surface area contributed by atoms with Crippen LogP contribution in [0.15, 0.2) is 90.3 Å². The Hall–Kier alpha value is -3.25. The molecule has 1 aromatic heterocycles. The van der Waals surface area contributed by atoms with Crippen molar-refractivity contribution in [2.24, 2.45) is 5.92 Å². The average Bonchev–Trinajstić information content (AvgIpc) is 3.52. The smallest absolute Gasteiger partial charge is 0.143 e. The van der Waals surface area contributed by atoms with E-state index < -0.39 is 0 Å². The summed E-state index contributed by atoms with van der Waals surface area (Å²) < 4.78 is 7.14. The highest BCUT2D eigenvalue weighted by Crippen LogP contribution is 2.36. The quantitative estimate of drug-likeness (QED) is 0.198. The van der Waals surface area contributed by atoms with Gasteiger partial charge in [0.2, 0.25) is 0 Å². The number of hydrogen-bond donors (Lipinski definition) is 0. The SMILES string of the molecule is COc1ccccc1C(CCN1CC=C(c2cccc3ccsc23)CC1)C(=O)C1CCN(Cc2ccccc2)CC1. The molecular formula is C36H40N2O2S. The van der Waals surface area contributed by atoms with Gasteiger partial charge < -0.3 is 4.74 Å². The van der Waals surface area contributed by atoms with Crippen molar-refractivity contribution in [1.82, 2.24) is 9.80 Å². The van der Waals surface area contributed by atoms with Gasteiger partial charge in [-0.25, -0.2) is 0 Å². The lowest BCUT2D eigenvalue weighted by atomic mass is 9.80. The number of hydrogen-bond acceptors (Lipinski definition) is 5. The minimum Gasteiger partial charge on any atom is -0.496 e. The third-order valence-electron chi connectivity index (χ3n) is 8.95. The van der Waals surface area contributed by atoms with Crippen LogP contribution >= 0.6 is 11.3 Å². The highest BCUT2D eigenvalue weighted by atomic mass is 32.1. The molecule has 0 bridgehead atoms. The van der Waals surface area contributed by atoms with Crippen molar-refractivity contribution in [2.75, 3.05) is 39.8 Å². The summed E-state index contributed by atoms with van der Waals surface area (Å²) in [6.45, 7) is 5.78. The lowest BCUT2D eigenvalue weighted by molar-refractivity contribution is -0.126. The highest BCUT2D eigenvalue weighted by Gasteiger charge is 2.33. The second-order valence-corrected chi connectivity index (χ2v) is 12.4. The minimum atomic E-state index is -0.137. The molecule has 0 N–H and O–H groups in total. The molecule has 0 radical (unpaired) electrons. The summed E-state index contributed by atoms with van der Waals surface area (Å²) in [6, 6.07) is 27.6. The van der Waals surface area contributed by atoms with Gasteiger partial charge in [0.25, 0.3) is 0 Å². The maximum absolute atomic E-state index is 14.1. The molecule has 3 aromatic carbocycles. The number of fused-ring (bicyclic) bond motifs is 1. The Bertz CT molecular complexity index is 1490. The van der Waals surface area contributed by atoms with Crippen molar-refractivity contribution < 1.29 is 9.53 Å². The zero-order chi connectivity index (χ0) is 28.0. The number of Topliss-reactive ketones (excluding diaryl/α,β-unsaturated/α-hetero) is 1. The lowest BCUT2D eigenvalue weighted by Gasteiger charge is -2.34. The Morgan fingerprint density at radius 3 is 2.51 bits per heavy atom. The van der Waals surface area contributed by atoms with Gasteiger partial charge in [0.15, 0.2) is 0 Å². The van der Waals surface area contributed by atoms with Gasteiger partial charge in [-0.05, 0) is 84.9 Å². The molecule has 0 saturated carbocycles. The number of benzene rings is 3. The molecule has 1 atom stereocenters. The Labute approximate surface area is 248 Å². The molecule has 1 fully saturated rings. The van der Waals surface area contributed by atoms with E-state index in [0.29, 0.717) is 5.78 Å². The van der Waals surface area contributed by atoms with E-state index in [1.807, 2.05) is 29.5 Å². The van der Waals surface area contributed by atoms with Gasteiger partial charge in [-0.3, -0.25) is 14.6 Å². The molecule has 5 heteroatoms. The fraction of sp³-hybridized carbons (Fsp3) is 0.361. The van der Waals surface area contributed by atoms with Crippen LogP contribution in [-0.2, 0) is 11.3 Å². The van der Waals surface area contributed by atoms with Crippen LogP contribution < -0.4 is 4.74 Å². The Kier molecular flexibility index (Phi) is 8.95. The van der Waals surface area contributed by atoms with Gasteiger partial charge in [-0.1, -0.05) is 72.8 Å². The number of ketones is 1. The first kappa shape index (κ1) is 27.9. The molecular weight excluding hydrogens is 524 g/mol. The first-order valence-corrected chi connectivity index (χ1v) is 15.9. The van der Waals surface area contributed by atoms with Crippen molar-refractivity contribution in [1.29, 1.82) is 0 Å². The van der Waals surface area contributed by atoms with E-state index >= 15 is 0 Å². The second-order valence-electron chi connectivity index (χ2n) is 11.4. The number of carbonyl (C=O) groups excluding carboxylic acids is 1. The van der Waals surface area contributed by atoms with Gasteiger partial charge in [-0.15, -0.1) is 11.3 Å². The van der Waals surface area contributed by atoms with Crippen LogP contribution in [0.5, 0.6) is 5.75 Å². The maximum Gasteiger partial charge on any atom is 0.143 e. The first-order chi connectivity index (χ1) is 20.2. The summed E-state index contributed by atoms with van der Waals surface area (Å²) in [6.07, 6.45) is 6.14. The van der Waals surface area contributed by atoms with E-state index in [1.54, 1.807) is 7.11 Å². The summed E-state index contributed by atoms with van der Waals surface area (Å²) in [5.74, 6) is 1.20. The molecule has 41 heavy (non-hydrogen) atoms. The van der Waals surface area contributed by atoms with Crippen molar-refractivity contribution in [3.8, 4) is 5.75 Å². The van der Waals surface area contributed by atoms with Crippen LogP contribution in [0.2, 0.25) is 0 Å². The zero-order valence-electron chi connectivity index (χ0n) is 24.0. The molecule has 3 heterocycles. The summed E-state index contributed by atoms with van der Waals surface area (Å²) >= 11 is 1.83. The van der Waals surface area contributed by atoms with Crippen LogP contribution in [-0.4, -0.2) is 55.4 Å². The van der Waals surface area contributed by atoms with Crippen LogP contribution in [0.25, 0.3) is 15.7 Å². The standard InChI is InChI=1S/C36H40N2O2S/c1-40-34-13-6-5-11-32(34)33(35(39)29-16-22-38(23-17-29)26-27-8-3-2-4-9-27)18-24-37-20-14-28(15-21-37)31-12-7-10-30-19-25-41-36(30)31/h2-14,19,25,29,33H,15-18,20-24,26H2,1H3. The molecule has 0 aliphatic carbocycles. The minimum absolute atomic E-state index is 0.107. The predicted octanol–water partition coefficient (Wildman–Crippen LogP) is 7.65. The molecule has 0 spiro atoms. The van der Waals surface area contributed by atoms with Crippen molar-refractivity contribution in [3.63, 3.8) is 0 Å². The van der Waals surface area contributed by atoms with E-state index in [0.717, 1.165) is 76.3 Å². The number of likely N-dealkylation sites (tertiary alicyclic amines) is 1. The number of nitrogens with zero attached hydrogens (tertiary/aromatic N) is 2. The van der Waals surface area contributed by atoms with E-state index in [4.69, 9.17) is 4.74 Å². The van der Waals surface area contributed by atoms with Crippen LogP contribution in [0.1, 0.15) is 48.3 Å². The lowest BCUT2D eigenvalue weighted by Crippen LogP contribution is -2.38. The van der Waals surface area contributed by atoms with Crippen molar-refractivity contribution >= 4 is 32.8 Å². The molecule has 0 amide bonds. The molecule has 212 valence electrons. The Morgan fingerprint density at radius 1 is 0.927 bits per heavy atom. The first-order valence-electron chi connectivity index (χ1n) is 15.0. The number of ether oxygens (including phenoxy) is 1. The fourth-order valence-corrected chi connectivity index (χ4v) is 7.57. The number of rotatable bonds is 10. The molecule has 6 rings (SSSR count). The van der Waals surface area contributed by atoms with E-state index in [-0.39, 0.29) is 11.8 Å². The summed E-state index contributed by atoms with van der Waals surface area (Å²) in [5, 5.41) is 3.52. The second kappa shape index (κ2) is 13.2. The third kappa shape index (κ3) is 6.48. The van der Waals surface area contributed by atoms with Crippen molar-refractivity contribution in [2.45, 2.75) is 38.1 Å². The summed E-state index contributed by atoms with van der Waals surface area (Å²) in [5.41, 5.74) is 5.23. The van der Waals surface area contributed by atoms with Gasteiger partial charge in [-0.2, -0.15) is 0 Å².